The van der Waals surface area contributed by atoms with E-state index in [1.807, 2.05) is 18.2 Å². The summed E-state index contributed by atoms with van der Waals surface area (Å²) in [6.45, 7) is 5.80. The Morgan fingerprint density at radius 3 is 2.56 bits per heavy atom. The van der Waals surface area contributed by atoms with Crippen LogP contribution in [0.25, 0.3) is 0 Å². The zero-order valence-electron chi connectivity index (χ0n) is 15.6. The SMILES string of the molecule is COc1ccc(CNC2CCC(C(=O)O)CC2)cc1OCCC(C)C. The maximum atomic E-state index is 11.0. The number of carbonyl (C=O) groups is 1. The van der Waals surface area contributed by atoms with Gasteiger partial charge in [-0.2, -0.15) is 0 Å². The molecule has 0 heterocycles. The summed E-state index contributed by atoms with van der Waals surface area (Å²) in [6, 6.07) is 6.42. The van der Waals surface area contributed by atoms with Crippen LogP contribution in [0.1, 0.15) is 51.5 Å². The molecule has 5 nitrogen and oxygen atoms in total. The van der Waals surface area contributed by atoms with E-state index >= 15 is 0 Å². The molecule has 140 valence electrons. The fraction of sp³-hybridized carbons (Fsp3) is 0.650. The van der Waals surface area contributed by atoms with Gasteiger partial charge >= 0.3 is 5.97 Å². The molecule has 0 saturated heterocycles. The van der Waals surface area contributed by atoms with Crippen LogP contribution < -0.4 is 14.8 Å². The molecule has 1 aliphatic carbocycles. The Labute approximate surface area is 150 Å². The van der Waals surface area contributed by atoms with Gasteiger partial charge in [-0.05, 0) is 55.7 Å². The Bertz CT molecular complexity index is 551. The summed E-state index contributed by atoms with van der Waals surface area (Å²) in [4.78, 5) is 11.0. The van der Waals surface area contributed by atoms with Crippen molar-refractivity contribution in [2.45, 2.75) is 58.5 Å². The van der Waals surface area contributed by atoms with E-state index in [9.17, 15) is 4.79 Å². The van der Waals surface area contributed by atoms with Gasteiger partial charge in [0, 0.05) is 12.6 Å². The van der Waals surface area contributed by atoms with Gasteiger partial charge in [0.15, 0.2) is 11.5 Å². The molecule has 25 heavy (non-hydrogen) atoms. The summed E-state index contributed by atoms with van der Waals surface area (Å²) >= 11 is 0. The largest absolute Gasteiger partial charge is 0.493 e. The Hall–Kier alpha value is -1.75. The summed E-state index contributed by atoms with van der Waals surface area (Å²) < 4.78 is 11.3. The van der Waals surface area contributed by atoms with E-state index in [0.29, 0.717) is 18.6 Å². The molecule has 0 aromatic heterocycles. The Morgan fingerprint density at radius 2 is 1.96 bits per heavy atom. The van der Waals surface area contributed by atoms with Gasteiger partial charge < -0.3 is 19.9 Å². The van der Waals surface area contributed by atoms with E-state index in [0.717, 1.165) is 55.7 Å². The molecule has 2 N–H and O–H groups in total. The van der Waals surface area contributed by atoms with Gasteiger partial charge in [-0.25, -0.2) is 0 Å². The minimum atomic E-state index is -0.656. The van der Waals surface area contributed by atoms with E-state index in [2.05, 4.69) is 19.2 Å². The zero-order valence-corrected chi connectivity index (χ0v) is 15.6. The third-order valence-electron chi connectivity index (χ3n) is 4.85. The molecule has 0 aliphatic heterocycles. The minimum absolute atomic E-state index is 0.167. The van der Waals surface area contributed by atoms with Crippen molar-refractivity contribution < 1.29 is 19.4 Å². The summed E-state index contributed by atoms with van der Waals surface area (Å²) in [6.07, 6.45) is 4.38. The number of methoxy groups -OCH3 is 1. The molecule has 0 unspecified atom stereocenters. The molecule has 1 aliphatic rings. The number of hydrogen-bond acceptors (Lipinski definition) is 4. The van der Waals surface area contributed by atoms with Gasteiger partial charge in [0.2, 0.25) is 0 Å². The van der Waals surface area contributed by atoms with Crippen molar-refractivity contribution in [3.8, 4) is 11.5 Å². The molecule has 2 rings (SSSR count). The number of rotatable bonds is 9. The molecule has 0 atom stereocenters. The fourth-order valence-corrected chi connectivity index (χ4v) is 3.16. The van der Waals surface area contributed by atoms with Crippen LogP contribution in [0.3, 0.4) is 0 Å². The molecule has 0 spiro atoms. The fourth-order valence-electron chi connectivity index (χ4n) is 3.16. The topological polar surface area (TPSA) is 67.8 Å². The molecule has 1 aromatic rings. The van der Waals surface area contributed by atoms with Crippen LogP contribution >= 0.6 is 0 Å². The maximum Gasteiger partial charge on any atom is 0.306 e. The van der Waals surface area contributed by atoms with Crippen molar-refractivity contribution in [1.82, 2.24) is 5.32 Å². The monoisotopic (exact) mass is 349 g/mol. The van der Waals surface area contributed by atoms with Crippen LogP contribution in [0.5, 0.6) is 11.5 Å². The highest BCUT2D eigenvalue weighted by Crippen LogP contribution is 2.29. The molecule has 1 fully saturated rings. The van der Waals surface area contributed by atoms with Gasteiger partial charge in [0.25, 0.3) is 0 Å². The average Bonchev–Trinajstić information content (AvgIpc) is 2.60. The molecule has 0 radical (unpaired) electrons. The smallest absolute Gasteiger partial charge is 0.306 e. The predicted octanol–water partition coefficient (Wildman–Crippen LogP) is 3.85. The molecule has 0 amide bonds. The first-order valence-corrected chi connectivity index (χ1v) is 9.25. The van der Waals surface area contributed by atoms with Gasteiger partial charge in [0.1, 0.15) is 0 Å². The highest BCUT2D eigenvalue weighted by atomic mass is 16.5. The number of carboxylic acids is 1. The number of nitrogens with one attached hydrogen (secondary N) is 1. The standard InChI is InChI=1S/C20H31NO4/c1-14(2)10-11-25-19-12-15(4-9-18(19)24-3)13-21-17-7-5-16(6-8-17)20(22)23/h4,9,12,14,16-17,21H,5-8,10-11,13H2,1-3H3,(H,22,23). The Kier molecular flexibility index (Phi) is 7.56. The van der Waals surface area contributed by atoms with Gasteiger partial charge in [-0.3, -0.25) is 4.79 Å². The highest BCUT2D eigenvalue weighted by molar-refractivity contribution is 5.70. The normalized spacial score (nSPS) is 20.5. The lowest BCUT2D eigenvalue weighted by atomic mass is 9.86. The zero-order chi connectivity index (χ0) is 18.2. The number of carboxylic acid groups (broad SMARTS) is 1. The van der Waals surface area contributed by atoms with Gasteiger partial charge in [-0.1, -0.05) is 19.9 Å². The number of ether oxygens (including phenoxy) is 2. The van der Waals surface area contributed by atoms with Gasteiger partial charge in [0.05, 0.1) is 19.6 Å². The minimum Gasteiger partial charge on any atom is -0.493 e. The lowest BCUT2D eigenvalue weighted by molar-refractivity contribution is -0.142. The van der Waals surface area contributed by atoms with Crippen LogP contribution in [0.4, 0.5) is 0 Å². The Balaban J connectivity index is 1.86. The van der Waals surface area contributed by atoms with Crippen LogP contribution in [-0.4, -0.2) is 30.8 Å². The summed E-state index contributed by atoms with van der Waals surface area (Å²) in [7, 11) is 1.66. The van der Waals surface area contributed by atoms with Crippen molar-refractivity contribution in [1.29, 1.82) is 0 Å². The molecule has 5 heteroatoms. The summed E-state index contributed by atoms with van der Waals surface area (Å²) in [5, 5.41) is 12.6. The van der Waals surface area contributed by atoms with Gasteiger partial charge in [-0.15, -0.1) is 0 Å². The van der Waals surface area contributed by atoms with E-state index in [-0.39, 0.29) is 5.92 Å². The second-order valence-corrected chi connectivity index (χ2v) is 7.28. The molecule has 0 bridgehead atoms. The summed E-state index contributed by atoms with van der Waals surface area (Å²) in [5.74, 6) is 1.33. The number of hydrogen-bond donors (Lipinski definition) is 2. The maximum absolute atomic E-state index is 11.0. The first-order chi connectivity index (χ1) is 12.0. The first kappa shape index (κ1) is 19.6. The van der Waals surface area contributed by atoms with Crippen LogP contribution in [0.15, 0.2) is 18.2 Å². The average molecular weight is 349 g/mol. The number of benzene rings is 1. The van der Waals surface area contributed by atoms with E-state index in [1.165, 1.54) is 0 Å². The molecular weight excluding hydrogens is 318 g/mol. The Morgan fingerprint density at radius 1 is 1.24 bits per heavy atom. The van der Waals surface area contributed by atoms with Crippen LogP contribution in [0, 0.1) is 11.8 Å². The van der Waals surface area contributed by atoms with Crippen molar-refractivity contribution in [3.05, 3.63) is 23.8 Å². The quantitative estimate of drug-likeness (QED) is 0.709. The van der Waals surface area contributed by atoms with E-state index in [4.69, 9.17) is 14.6 Å². The third-order valence-corrected chi connectivity index (χ3v) is 4.85. The third kappa shape index (κ3) is 6.24. The van der Waals surface area contributed by atoms with Crippen molar-refractivity contribution >= 4 is 5.97 Å². The second kappa shape index (κ2) is 9.66. The molecular formula is C20H31NO4. The lowest BCUT2D eigenvalue weighted by Crippen LogP contribution is -2.34. The van der Waals surface area contributed by atoms with E-state index in [1.54, 1.807) is 7.11 Å². The molecule has 1 aromatic carbocycles. The number of aliphatic carboxylic acids is 1. The van der Waals surface area contributed by atoms with E-state index < -0.39 is 5.97 Å². The second-order valence-electron chi connectivity index (χ2n) is 7.28. The molecule has 1 saturated carbocycles. The predicted molar refractivity (Wildman–Crippen MR) is 98.2 cm³/mol. The lowest BCUT2D eigenvalue weighted by Gasteiger charge is -2.27. The van der Waals surface area contributed by atoms with Crippen molar-refractivity contribution in [3.63, 3.8) is 0 Å². The summed E-state index contributed by atoms with van der Waals surface area (Å²) in [5.41, 5.74) is 1.15. The highest BCUT2D eigenvalue weighted by Gasteiger charge is 2.25. The van der Waals surface area contributed by atoms with Crippen LogP contribution in [-0.2, 0) is 11.3 Å². The van der Waals surface area contributed by atoms with Crippen molar-refractivity contribution in [2.24, 2.45) is 11.8 Å². The van der Waals surface area contributed by atoms with Crippen molar-refractivity contribution in [2.75, 3.05) is 13.7 Å². The van der Waals surface area contributed by atoms with Crippen LogP contribution in [0.2, 0.25) is 0 Å². The first-order valence-electron chi connectivity index (χ1n) is 9.25.